The van der Waals surface area contributed by atoms with Gasteiger partial charge in [0.1, 0.15) is 0 Å². The fourth-order valence-electron chi connectivity index (χ4n) is 1.09. The van der Waals surface area contributed by atoms with Gasteiger partial charge in [0, 0.05) is 17.1 Å². The highest BCUT2D eigenvalue weighted by molar-refractivity contribution is 9.10. The Morgan fingerprint density at radius 3 is 3.07 bits per heavy atom. The first-order valence-corrected chi connectivity index (χ1v) is 5.05. The Balaban J connectivity index is 2.87. The summed E-state index contributed by atoms with van der Waals surface area (Å²) in [5.41, 5.74) is 3.59. The number of rotatable bonds is 3. The number of nitrogens with one attached hydrogen (secondary N) is 1. The molecule has 1 aromatic heterocycles. The van der Waals surface area contributed by atoms with Crippen LogP contribution >= 0.6 is 15.9 Å². The molecule has 3 nitrogen and oxygen atoms in total. The van der Waals surface area contributed by atoms with E-state index >= 15 is 0 Å². The molecule has 0 bridgehead atoms. The fourth-order valence-corrected chi connectivity index (χ4v) is 1.62. The van der Waals surface area contributed by atoms with Gasteiger partial charge in [-0.05, 0) is 35.0 Å². The highest BCUT2D eigenvalue weighted by Gasteiger charge is 2.12. The number of hydrogen-bond donors (Lipinski definition) is 2. The van der Waals surface area contributed by atoms with E-state index in [-0.39, 0.29) is 6.04 Å². The Kier molecular flexibility index (Phi) is 4.60. The molecule has 1 heterocycles. The highest BCUT2D eigenvalue weighted by Crippen LogP contribution is 2.21. The van der Waals surface area contributed by atoms with E-state index in [0.29, 0.717) is 6.42 Å². The third kappa shape index (κ3) is 2.81. The molecule has 3 N–H and O–H groups in total. The average Bonchev–Trinajstić information content (AvgIpc) is 2.21. The summed E-state index contributed by atoms with van der Waals surface area (Å²) in [7, 11) is 0. The van der Waals surface area contributed by atoms with Crippen molar-refractivity contribution in [2.24, 2.45) is 5.84 Å². The maximum Gasteiger partial charge on any atom is 0.0752 e. The van der Waals surface area contributed by atoms with Crippen LogP contribution in [0.1, 0.15) is 25.1 Å². The van der Waals surface area contributed by atoms with Crippen LogP contribution in [0.5, 0.6) is 0 Å². The normalized spacial score (nSPS) is 11.6. The Bertz CT molecular complexity index is 354. The van der Waals surface area contributed by atoms with Gasteiger partial charge in [-0.1, -0.05) is 0 Å². The fraction of sp³-hybridized carbons (Fsp3) is 0.300. The van der Waals surface area contributed by atoms with Crippen molar-refractivity contribution in [2.45, 2.75) is 19.4 Å². The largest absolute Gasteiger partial charge is 0.271 e. The van der Waals surface area contributed by atoms with Crippen molar-refractivity contribution < 1.29 is 0 Å². The summed E-state index contributed by atoms with van der Waals surface area (Å²) < 4.78 is 0.945. The number of pyridine rings is 1. The van der Waals surface area contributed by atoms with Crippen LogP contribution in [0.3, 0.4) is 0 Å². The molecule has 0 amide bonds. The van der Waals surface area contributed by atoms with E-state index in [1.165, 1.54) is 0 Å². The van der Waals surface area contributed by atoms with Crippen molar-refractivity contribution in [3.8, 4) is 11.8 Å². The second-order valence-corrected chi connectivity index (χ2v) is 3.57. The Morgan fingerprint density at radius 2 is 2.50 bits per heavy atom. The Hall–Kier alpha value is -0.890. The van der Waals surface area contributed by atoms with Crippen LogP contribution in [-0.2, 0) is 0 Å². The third-order valence-electron chi connectivity index (χ3n) is 1.80. The number of halogens is 1. The maximum atomic E-state index is 5.44. The van der Waals surface area contributed by atoms with Gasteiger partial charge in [0.15, 0.2) is 0 Å². The molecule has 0 spiro atoms. The van der Waals surface area contributed by atoms with E-state index in [1.54, 1.807) is 13.1 Å². The van der Waals surface area contributed by atoms with Gasteiger partial charge in [-0.3, -0.25) is 16.3 Å². The van der Waals surface area contributed by atoms with Gasteiger partial charge in [-0.25, -0.2) is 0 Å². The van der Waals surface area contributed by atoms with Gasteiger partial charge < -0.3 is 0 Å². The minimum absolute atomic E-state index is 0.0296. The summed E-state index contributed by atoms with van der Waals surface area (Å²) >= 11 is 3.42. The molecule has 1 aromatic rings. The minimum Gasteiger partial charge on any atom is -0.271 e. The lowest BCUT2D eigenvalue weighted by Crippen LogP contribution is -2.28. The van der Waals surface area contributed by atoms with E-state index in [9.17, 15) is 0 Å². The smallest absolute Gasteiger partial charge is 0.0752 e. The minimum atomic E-state index is -0.0296. The number of hydrogen-bond acceptors (Lipinski definition) is 3. The molecule has 4 heteroatoms. The van der Waals surface area contributed by atoms with Crippen molar-refractivity contribution >= 4 is 15.9 Å². The molecule has 0 saturated carbocycles. The second kappa shape index (κ2) is 5.76. The van der Waals surface area contributed by atoms with E-state index in [2.05, 4.69) is 38.2 Å². The summed E-state index contributed by atoms with van der Waals surface area (Å²) in [5.74, 6) is 11.2. The number of aromatic nitrogens is 1. The van der Waals surface area contributed by atoms with Crippen LogP contribution < -0.4 is 11.3 Å². The molecule has 1 unspecified atom stereocenters. The summed E-state index contributed by atoms with van der Waals surface area (Å²) in [4.78, 5) is 4.25. The third-order valence-corrected chi connectivity index (χ3v) is 2.47. The number of hydrazine groups is 1. The first-order valence-electron chi connectivity index (χ1n) is 4.25. The lowest BCUT2D eigenvalue weighted by Gasteiger charge is -2.13. The molecule has 0 aliphatic rings. The standard InChI is InChI=1S/C10H12BrN3/c1-2-3-6-9(14-12)10-8(11)5-4-7-13-10/h4-5,7,9,14H,6,12H2,1H3. The zero-order chi connectivity index (χ0) is 10.4. The van der Waals surface area contributed by atoms with Gasteiger partial charge in [0.25, 0.3) is 0 Å². The molecular weight excluding hydrogens is 242 g/mol. The number of nitrogens with two attached hydrogens (primary N) is 1. The summed E-state index contributed by atoms with van der Waals surface area (Å²) in [6.07, 6.45) is 2.40. The van der Waals surface area contributed by atoms with Gasteiger partial charge in [0.05, 0.1) is 11.7 Å². The van der Waals surface area contributed by atoms with Crippen molar-refractivity contribution in [2.75, 3.05) is 0 Å². The first kappa shape index (κ1) is 11.2. The summed E-state index contributed by atoms with van der Waals surface area (Å²) in [6, 6.07) is 3.77. The molecule has 0 aliphatic carbocycles. The second-order valence-electron chi connectivity index (χ2n) is 2.72. The van der Waals surface area contributed by atoms with Crippen molar-refractivity contribution in [1.29, 1.82) is 0 Å². The quantitative estimate of drug-likeness (QED) is 0.491. The van der Waals surface area contributed by atoms with Crippen LogP contribution in [-0.4, -0.2) is 4.98 Å². The highest BCUT2D eigenvalue weighted by atomic mass is 79.9. The molecule has 74 valence electrons. The van der Waals surface area contributed by atoms with Crippen molar-refractivity contribution in [3.05, 3.63) is 28.5 Å². The topological polar surface area (TPSA) is 50.9 Å². The molecule has 0 saturated heterocycles. The van der Waals surface area contributed by atoms with Gasteiger partial charge in [-0.15, -0.1) is 11.8 Å². The molecule has 1 atom stereocenters. The van der Waals surface area contributed by atoms with Crippen LogP contribution in [0, 0.1) is 11.8 Å². The van der Waals surface area contributed by atoms with Crippen LogP contribution in [0.15, 0.2) is 22.8 Å². The van der Waals surface area contributed by atoms with Crippen LogP contribution in [0.4, 0.5) is 0 Å². The number of nitrogens with zero attached hydrogens (tertiary/aromatic N) is 1. The molecule has 1 rings (SSSR count). The van der Waals surface area contributed by atoms with Crippen LogP contribution in [0.25, 0.3) is 0 Å². The van der Waals surface area contributed by atoms with Gasteiger partial charge >= 0.3 is 0 Å². The SMILES string of the molecule is CC#CCC(NN)c1ncccc1Br. The average molecular weight is 254 g/mol. The van der Waals surface area contributed by atoms with Gasteiger partial charge in [-0.2, -0.15) is 0 Å². The molecule has 0 aliphatic heterocycles. The Morgan fingerprint density at radius 1 is 1.71 bits per heavy atom. The zero-order valence-electron chi connectivity index (χ0n) is 7.92. The van der Waals surface area contributed by atoms with Gasteiger partial charge in [0.2, 0.25) is 0 Å². The van der Waals surface area contributed by atoms with E-state index in [4.69, 9.17) is 5.84 Å². The summed E-state index contributed by atoms with van der Waals surface area (Å²) in [6.45, 7) is 1.81. The predicted octanol–water partition coefficient (Wildman–Crippen LogP) is 1.76. The van der Waals surface area contributed by atoms with Crippen molar-refractivity contribution in [1.82, 2.24) is 10.4 Å². The van der Waals surface area contributed by atoms with E-state index in [0.717, 1.165) is 10.2 Å². The summed E-state index contributed by atoms with van der Waals surface area (Å²) in [5, 5.41) is 0. The molecule has 0 radical (unpaired) electrons. The van der Waals surface area contributed by atoms with Crippen LogP contribution in [0.2, 0.25) is 0 Å². The van der Waals surface area contributed by atoms with E-state index in [1.807, 2.05) is 12.1 Å². The molecule has 14 heavy (non-hydrogen) atoms. The predicted molar refractivity (Wildman–Crippen MR) is 60.1 cm³/mol. The lowest BCUT2D eigenvalue weighted by molar-refractivity contribution is 0.551. The first-order chi connectivity index (χ1) is 6.79. The maximum absolute atomic E-state index is 5.44. The van der Waals surface area contributed by atoms with Crippen molar-refractivity contribution in [3.63, 3.8) is 0 Å². The molecule has 0 fully saturated rings. The lowest BCUT2D eigenvalue weighted by atomic mass is 10.1. The molecule has 0 aromatic carbocycles. The molecular formula is C10H12BrN3. The Labute approximate surface area is 92.2 Å². The monoisotopic (exact) mass is 253 g/mol. The van der Waals surface area contributed by atoms with E-state index < -0.39 is 0 Å². The zero-order valence-corrected chi connectivity index (χ0v) is 9.51.